The van der Waals surface area contributed by atoms with Gasteiger partial charge < -0.3 is 16.0 Å². The van der Waals surface area contributed by atoms with Crippen molar-refractivity contribution < 1.29 is 14.5 Å². The minimum Gasteiger partial charge on any atom is -0.371 e. The Kier molecular flexibility index (Phi) is 7.34. The van der Waals surface area contributed by atoms with Crippen LogP contribution < -0.4 is 16.0 Å². The van der Waals surface area contributed by atoms with Crippen molar-refractivity contribution in [3.05, 3.63) is 88.2 Å². The molecule has 2 amide bonds. The van der Waals surface area contributed by atoms with Gasteiger partial charge in [0.25, 0.3) is 11.6 Å². The van der Waals surface area contributed by atoms with Gasteiger partial charge in [-0.2, -0.15) is 0 Å². The fourth-order valence-corrected chi connectivity index (χ4v) is 3.01. The molecule has 0 aliphatic carbocycles. The van der Waals surface area contributed by atoms with Gasteiger partial charge in [0.15, 0.2) is 0 Å². The van der Waals surface area contributed by atoms with E-state index in [1.165, 1.54) is 18.2 Å². The number of carbonyl (C=O) groups excluding carboxylic acids is 2. The highest BCUT2D eigenvalue weighted by atomic mass is 16.6. The van der Waals surface area contributed by atoms with Crippen LogP contribution in [0.1, 0.15) is 42.9 Å². The number of carbonyl (C=O) groups is 2. The first kappa shape index (κ1) is 23.4. The van der Waals surface area contributed by atoms with E-state index in [2.05, 4.69) is 20.9 Å². The Labute approximate surface area is 191 Å². The summed E-state index contributed by atoms with van der Waals surface area (Å²) in [7, 11) is 0. The molecule has 170 valence electrons. The Morgan fingerprint density at radius 3 is 2.18 bits per heavy atom. The number of benzene rings is 2. The molecule has 1 aromatic heterocycles. The number of nitro benzene ring substituents is 1. The van der Waals surface area contributed by atoms with Crippen LogP contribution in [0.3, 0.4) is 0 Å². The average Bonchev–Trinajstić information content (AvgIpc) is 2.80. The molecule has 0 saturated heterocycles. The van der Waals surface area contributed by atoms with E-state index in [0.717, 1.165) is 5.69 Å². The first-order valence-electron chi connectivity index (χ1n) is 10.4. The molecule has 2 aromatic carbocycles. The number of pyridine rings is 1. The quantitative estimate of drug-likeness (QED) is 0.329. The molecule has 9 nitrogen and oxygen atoms in total. The number of rotatable bonds is 8. The van der Waals surface area contributed by atoms with Gasteiger partial charge in [0.05, 0.1) is 16.7 Å². The summed E-state index contributed by atoms with van der Waals surface area (Å²) < 4.78 is 0. The van der Waals surface area contributed by atoms with E-state index in [0.29, 0.717) is 17.1 Å². The summed E-state index contributed by atoms with van der Waals surface area (Å²) in [6, 6.07) is 16.1. The Balaban J connectivity index is 1.72. The summed E-state index contributed by atoms with van der Waals surface area (Å²) in [5, 5.41) is 20.2. The van der Waals surface area contributed by atoms with Crippen LogP contribution >= 0.6 is 0 Å². The molecule has 0 spiro atoms. The lowest BCUT2D eigenvalue weighted by Gasteiger charge is -2.15. The SMILES string of the molecule is CC(C)C(=O)Nc1ccc(NC(=O)c2ccc(NC(C)c3ccccn3)c([N+](=O)[O-])c2)cc1. The number of hydrogen-bond acceptors (Lipinski definition) is 6. The third-order valence-corrected chi connectivity index (χ3v) is 4.89. The van der Waals surface area contributed by atoms with Crippen molar-refractivity contribution in [3.8, 4) is 0 Å². The largest absolute Gasteiger partial charge is 0.371 e. The lowest BCUT2D eigenvalue weighted by Crippen LogP contribution is -2.17. The van der Waals surface area contributed by atoms with Gasteiger partial charge in [0, 0.05) is 35.1 Å². The molecule has 0 radical (unpaired) electrons. The van der Waals surface area contributed by atoms with E-state index in [1.54, 1.807) is 50.4 Å². The molecule has 33 heavy (non-hydrogen) atoms. The Morgan fingerprint density at radius 1 is 0.939 bits per heavy atom. The van der Waals surface area contributed by atoms with Crippen LogP contribution in [-0.2, 0) is 4.79 Å². The molecule has 9 heteroatoms. The number of nitro groups is 1. The smallest absolute Gasteiger partial charge is 0.293 e. The predicted molar refractivity (Wildman–Crippen MR) is 127 cm³/mol. The van der Waals surface area contributed by atoms with Gasteiger partial charge in [-0.15, -0.1) is 0 Å². The maximum Gasteiger partial charge on any atom is 0.293 e. The highest BCUT2D eigenvalue weighted by molar-refractivity contribution is 6.05. The third kappa shape index (κ3) is 6.13. The highest BCUT2D eigenvalue weighted by Crippen LogP contribution is 2.29. The normalized spacial score (nSPS) is 11.5. The second-order valence-electron chi connectivity index (χ2n) is 7.79. The van der Waals surface area contributed by atoms with Gasteiger partial charge in [-0.3, -0.25) is 24.7 Å². The van der Waals surface area contributed by atoms with Crippen LogP contribution in [0.2, 0.25) is 0 Å². The first-order chi connectivity index (χ1) is 15.7. The molecule has 3 N–H and O–H groups in total. The number of hydrogen-bond donors (Lipinski definition) is 3. The molecule has 0 bridgehead atoms. The van der Waals surface area contributed by atoms with Crippen molar-refractivity contribution >= 4 is 34.6 Å². The topological polar surface area (TPSA) is 126 Å². The van der Waals surface area contributed by atoms with Crippen molar-refractivity contribution in [2.75, 3.05) is 16.0 Å². The molecule has 1 heterocycles. The van der Waals surface area contributed by atoms with E-state index in [1.807, 2.05) is 19.1 Å². The van der Waals surface area contributed by atoms with Crippen molar-refractivity contribution in [2.24, 2.45) is 5.92 Å². The van der Waals surface area contributed by atoms with E-state index >= 15 is 0 Å². The monoisotopic (exact) mass is 447 g/mol. The number of anilines is 3. The molecule has 1 atom stereocenters. The summed E-state index contributed by atoms with van der Waals surface area (Å²) in [6.45, 7) is 5.44. The fourth-order valence-electron chi connectivity index (χ4n) is 3.01. The highest BCUT2D eigenvalue weighted by Gasteiger charge is 2.20. The summed E-state index contributed by atoms with van der Waals surface area (Å²) in [4.78, 5) is 39.8. The van der Waals surface area contributed by atoms with E-state index in [-0.39, 0.29) is 29.1 Å². The maximum atomic E-state index is 12.7. The fraction of sp³-hybridized carbons (Fsp3) is 0.208. The second-order valence-corrected chi connectivity index (χ2v) is 7.79. The Hall–Kier alpha value is -4.27. The molecule has 1 unspecified atom stereocenters. The number of nitrogens with one attached hydrogen (secondary N) is 3. The van der Waals surface area contributed by atoms with Gasteiger partial charge in [-0.05, 0) is 55.5 Å². The number of aromatic nitrogens is 1. The van der Waals surface area contributed by atoms with E-state index < -0.39 is 10.8 Å². The van der Waals surface area contributed by atoms with Crippen molar-refractivity contribution in [3.63, 3.8) is 0 Å². The van der Waals surface area contributed by atoms with Gasteiger partial charge in [-0.1, -0.05) is 19.9 Å². The molecule has 0 fully saturated rings. The molecule has 3 aromatic rings. The van der Waals surface area contributed by atoms with Crippen LogP contribution in [0.5, 0.6) is 0 Å². The average molecular weight is 447 g/mol. The predicted octanol–water partition coefficient (Wildman–Crippen LogP) is 5.01. The van der Waals surface area contributed by atoms with E-state index in [4.69, 9.17) is 0 Å². The summed E-state index contributed by atoms with van der Waals surface area (Å²) >= 11 is 0. The van der Waals surface area contributed by atoms with Crippen LogP contribution in [-0.4, -0.2) is 21.7 Å². The van der Waals surface area contributed by atoms with Gasteiger partial charge in [0.2, 0.25) is 5.91 Å². The zero-order valence-electron chi connectivity index (χ0n) is 18.5. The second kappa shape index (κ2) is 10.4. The van der Waals surface area contributed by atoms with Gasteiger partial charge >= 0.3 is 0 Å². The van der Waals surface area contributed by atoms with Crippen molar-refractivity contribution in [1.29, 1.82) is 0 Å². The first-order valence-corrected chi connectivity index (χ1v) is 10.4. The van der Waals surface area contributed by atoms with Crippen LogP contribution in [0, 0.1) is 16.0 Å². The lowest BCUT2D eigenvalue weighted by atomic mass is 10.1. The van der Waals surface area contributed by atoms with Crippen molar-refractivity contribution in [1.82, 2.24) is 4.98 Å². The Bertz CT molecular complexity index is 1150. The minimum absolute atomic E-state index is 0.106. The van der Waals surface area contributed by atoms with Gasteiger partial charge in [-0.25, -0.2) is 0 Å². The van der Waals surface area contributed by atoms with Crippen LogP contribution in [0.4, 0.5) is 22.7 Å². The zero-order chi connectivity index (χ0) is 24.0. The molecular weight excluding hydrogens is 422 g/mol. The maximum absolute atomic E-state index is 12.7. The van der Waals surface area contributed by atoms with E-state index in [9.17, 15) is 19.7 Å². The molecule has 0 aliphatic heterocycles. The van der Waals surface area contributed by atoms with Crippen LogP contribution in [0.25, 0.3) is 0 Å². The minimum atomic E-state index is -0.531. The third-order valence-electron chi connectivity index (χ3n) is 4.89. The van der Waals surface area contributed by atoms with Crippen molar-refractivity contribution in [2.45, 2.75) is 26.8 Å². The molecule has 3 rings (SSSR count). The number of amides is 2. The lowest BCUT2D eigenvalue weighted by molar-refractivity contribution is -0.384. The van der Waals surface area contributed by atoms with Gasteiger partial charge in [0.1, 0.15) is 5.69 Å². The summed E-state index contributed by atoms with van der Waals surface area (Å²) in [6.07, 6.45) is 1.65. The summed E-state index contributed by atoms with van der Waals surface area (Å²) in [5.74, 6) is -0.740. The molecule has 0 aliphatic rings. The molecule has 0 saturated carbocycles. The zero-order valence-corrected chi connectivity index (χ0v) is 18.5. The standard InChI is InChI=1S/C24H25N5O4/c1-15(2)23(30)27-18-8-10-19(11-9-18)28-24(31)17-7-12-21(22(14-17)29(32)33)26-16(3)20-6-4-5-13-25-20/h4-16,26H,1-3H3,(H,27,30)(H,28,31). The Morgan fingerprint density at radius 2 is 1.61 bits per heavy atom. The number of nitrogens with zero attached hydrogens (tertiary/aromatic N) is 2. The summed E-state index contributed by atoms with van der Waals surface area (Å²) in [5.41, 5.74) is 2.07. The molecular formula is C24H25N5O4. The van der Waals surface area contributed by atoms with Crippen LogP contribution in [0.15, 0.2) is 66.9 Å².